The molecule has 0 unspecified atom stereocenters. The average Bonchev–Trinajstić information content (AvgIpc) is 3.13. The van der Waals surface area contributed by atoms with Crippen molar-refractivity contribution in [3.8, 4) is 5.69 Å². The van der Waals surface area contributed by atoms with Crippen LogP contribution in [0.3, 0.4) is 0 Å². The number of amides is 1. The molecule has 0 spiro atoms. The van der Waals surface area contributed by atoms with Gasteiger partial charge in [-0.3, -0.25) is 9.48 Å². The van der Waals surface area contributed by atoms with Gasteiger partial charge in [0.15, 0.2) is 0 Å². The fourth-order valence-corrected chi connectivity index (χ4v) is 2.50. The molecule has 8 heteroatoms. The molecule has 0 saturated heterocycles. The summed E-state index contributed by atoms with van der Waals surface area (Å²) in [6.07, 6.45) is 4.79. The van der Waals surface area contributed by atoms with Gasteiger partial charge in [0, 0.05) is 11.9 Å². The third kappa shape index (κ3) is 3.57. The molecular formula is C17H17N5O3. The lowest BCUT2D eigenvalue weighted by Crippen LogP contribution is -2.19. The summed E-state index contributed by atoms with van der Waals surface area (Å²) in [7, 11) is 0. The summed E-state index contributed by atoms with van der Waals surface area (Å²) < 4.78 is 3.08. The molecule has 1 aromatic carbocycles. The SMILES string of the molecule is Cc1cnn(CC(=O)Nc2cccc(-n3ncc(C(=O)O)c3C)c2)c1. The summed E-state index contributed by atoms with van der Waals surface area (Å²) in [4.78, 5) is 23.3. The number of aryl methyl sites for hydroxylation is 1. The Balaban J connectivity index is 1.77. The van der Waals surface area contributed by atoms with Crippen LogP contribution >= 0.6 is 0 Å². The van der Waals surface area contributed by atoms with Crippen molar-refractivity contribution in [1.29, 1.82) is 0 Å². The summed E-state index contributed by atoms with van der Waals surface area (Å²) in [5.41, 5.74) is 2.90. The number of nitrogens with one attached hydrogen (secondary N) is 1. The fraction of sp³-hybridized carbons (Fsp3) is 0.176. The number of hydrogen-bond donors (Lipinski definition) is 2. The second-order valence-electron chi connectivity index (χ2n) is 5.67. The van der Waals surface area contributed by atoms with Crippen molar-refractivity contribution >= 4 is 17.6 Å². The van der Waals surface area contributed by atoms with Crippen molar-refractivity contribution in [2.75, 3.05) is 5.32 Å². The Kier molecular flexibility index (Phi) is 4.34. The number of anilines is 1. The van der Waals surface area contributed by atoms with Crippen LogP contribution in [-0.4, -0.2) is 36.5 Å². The van der Waals surface area contributed by atoms with Gasteiger partial charge in [0.2, 0.25) is 5.91 Å². The highest BCUT2D eigenvalue weighted by molar-refractivity contribution is 5.91. The number of nitrogens with zero attached hydrogens (tertiary/aromatic N) is 4. The quantitative estimate of drug-likeness (QED) is 0.740. The second kappa shape index (κ2) is 6.60. The molecule has 1 amide bonds. The lowest BCUT2D eigenvalue weighted by Gasteiger charge is -2.09. The number of carboxylic acid groups (broad SMARTS) is 1. The van der Waals surface area contributed by atoms with Crippen LogP contribution in [0.2, 0.25) is 0 Å². The second-order valence-corrected chi connectivity index (χ2v) is 5.67. The monoisotopic (exact) mass is 339 g/mol. The number of hydrogen-bond acceptors (Lipinski definition) is 4. The largest absolute Gasteiger partial charge is 0.478 e. The number of carbonyl (C=O) groups is 2. The predicted octanol–water partition coefficient (Wildman–Crippen LogP) is 2.02. The fourth-order valence-electron chi connectivity index (χ4n) is 2.50. The number of benzene rings is 1. The summed E-state index contributed by atoms with van der Waals surface area (Å²) in [6, 6.07) is 7.05. The Morgan fingerprint density at radius 3 is 2.64 bits per heavy atom. The van der Waals surface area contributed by atoms with Gasteiger partial charge in [-0.15, -0.1) is 0 Å². The molecular weight excluding hydrogens is 322 g/mol. The summed E-state index contributed by atoms with van der Waals surface area (Å²) >= 11 is 0. The molecule has 0 aliphatic carbocycles. The molecule has 0 atom stereocenters. The molecule has 0 radical (unpaired) electrons. The molecule has 0 fully saturated rings. The maximum absolute atomic E-state index is 12.1. The zero-order valence-corrected chi connectivity index (χ0v) is 13.8. The Labute approximate surface area is 143 Å². The highest BCUT2D eigenvalue weighted by Crippen LogP contribution is 2.18. The van der Waals surface area contributed by atoms with Gasteiger partial charge in [-0.05, 0) is 37.6 Å². The minimum atomic E-state index is -1.03. The van der Waals surface area contributed by atoms with Crippen molar-refractivity contribution in [3.63, 3.8) is 0 Å². The lowest BCUT2D eigenvalue weighted by atomic mass is 10.2. The van der Waals surface area contributed by atoms with E-state index in [1.807, 2.05) is 6.92 Å². The zero-order valence-electron chi connectivity index (χ0n) is 13.8. The van der Waals surface area contributed by atoms with E-state index < -0.39 is 5.97 Å². The first kappa shape index (κ1) is 16.4. The van der Waals surface area contributed by atoms with E-state index in [2.05, 4.69) is 15.5 Å². The van der Waals surface area contributed by atoms with Crippen LogP contribution < -0.4 is 5.32 Å². The first-order valence-electron chi connectivity index (χ1n) is 7.61. The van der Waals surface area contributed by atoms with Crippen molar-refractivity contribution < 1.29 is 14.7 Å². The molecule has 2 N–H and O–H groups in total. The van der Waals surface area contributed by atoms with E-state index in [1.54, 1.807) is 48.3 Å². The van der Waals surface area contributed by atoms with Gasteiger partial charge >= 0.3 is 5.97 Å². The molecule has 0 aliphatic heterocycles. The number of aromatic carboxylic acids is 1. The van der Waals surface area contributed by atoms with Crippen molar-refractivity contribution in [1.82, 2.24) is 19.6 Å². The molecule has 25 heavy (non-hydrogen) atoms. The molecule has 3 rings (SSSR count). The molecule has 2 aromatic heterocycles. The van der Waals surface area contributed by atoms with Gasteiger partial charge in [-0.1, -0.05) is 6.07 Å². The van der Waals surface area contributed by atoms with Crippen molar-refractivity contribution in [2.24, 2.45) is 0 Å². The van der Waals surface area contributed by atoms with Gasteiger partial charge in [-0.25, -0.2) is 9.48 Å². The van der Waals surface area contributed by atoms with Gasteiger partial charge in [0.05, 0.1) is 23.8 Å². The van der Waals surface area contributed by atoms with Crippen LogP contribution in [0.25, 0.3) is 5.69 Å². The third-order valence-corrected chi connectivity index (χ3v) is 3.68. The van der Waals surface area contributed by atoms with E-state index in [1.165, 1.54) is 10.9 Å². The first-order chi connectivity index (χ1) is 11.9. The smallest absolute Gasteiger partial charge is 0.339 e. The Bertz CT molecular complexity index is 941. The predicted molar refractivity (Wildman–Crippen MR) is 90.9 cm³/mol. The van der Waals surface area contributed by atoms with Gasteiger partial charge in [-0.2, -0.15) is 10.2 Å². The van der Waals surface area contributed by atoms with Crippen LogP contribution in [0.5, 0.6) is 0 Å². The van der Waals surface area contributed by atoms with Crippen LogP contribution in [0, 0.1) is 13.8 Å². The highest BCUT2D eigenvalue weighted by atomic mass is 16.4. The van der Waals surface area contributed by atoms with E-state index in [4.69, 9.17) is 5.11 Å². The number of aromatic nitrogens is 4. The van der Waals surface area contributed by atoms with E-state index >= 15 is 0 Å². The van der Waals surface area contributed by atoms with Crippen LogP contribution in [0.15, 0.2) is 42.9 Å². The minimum absolute atomic E-state index is 0.113. The molecule has 0 aliphatic rings. The summed E-state index contributed by atoms with van der Waals surface area (Å²) in [5, 5.41) is 20.1. The van der Waals surface area contributed by atoms with Crippen LogP contribution in [0.4, 0.5) is 5.69 Å². The third-order valence-electron chi connectivity index (χ3n) is 3.68. The standard InChI is InChI=1S/C17H17N5O3/c1-11-7-18-21(9-11)10-16(23)20-13-4-3-5-14(6-13)22-12(2)15(8-19-22)17(24)25/h3-9H,10H2,1-2H3,(H,20,23)(H,24,25). The lowest BCUT2D eigenvalue weighted by molar-refractivity contribution is -0.116. The van der Waals surface area contributed by atoms with Gasteiger partial charge in [0.1, 0.15) is 12.1 Å². The number of carbonyl (C=O) groups excluding carboxylic acids is 1. The normalized spacial score (nSPS) is 10.6. The maximum Gasteiger partial charge on any atom is 0.339 e. The molecule has 128 valence electrons. The molecule has 3 aromatic rings. The van der Waals surface area contributed by atoms with Crippen LogP contribution in [-0.2, 0) is 11.3 Å². The number of rotatable bonds is 5. The minimum Gasteiger partial charge on any atom is -0.478 e. The van der Waals surface area contributed by atoms with Crippen LogP contribution in [0.1, 0.15) is 21.6 Å². The van der Waals surface area contributed by atoms with Gasteiger partial charge in [0.25, 0.3) is 0 Å². The summed E-state index contributed by atoms with van der Waals surface area (Å²) in [6.45, 7) is 3.70. The van der Waals surface area contributed by atoms with E-state index in [9.17, 15) is 9.59 Å². The molecule has 2 heterocycles. The van der Waals surface area contributed by atoms with Gasteiger partial charge < -0.3 is 10.4 Å². The highest BCUT2D eigenvalue weighted by Gasteiger charge is 2.14. The Morgan fingerprint density at radius 1 is 1.20 bits per heavy atom. The maximum atomic E-state index is 12.1. The Hall–Kier alpha value is -3.42. The zero-order chi connectivity index (χ0) is 18.0. The molecule has 0 saturated carbocycles. The van der Waals surface area contributed by atoms with E-state index in [0.29, 0.717) is 17.1 Å². The van der Waals surface area contributed by atoms with Crippen molar-refractivity contribution in [2.45, 2.75) is 20.4 Å². The number of carboxylic acids is 1. The summed E-state index contributed by atoms with van der Waals surface area (Å²) in [5.74, 6) is -1.23. The van der Waals surface area contributed by atoms with E-state index in [-0.39, 0.29) is 18.0 Å². The Morgan fingerprint density at radius 2 is 2.00 bits per heavy atom. The topological polar surface area (TPSA) is 102 Å². The average molecular weight is 339 g/mol. The molecule has 0 bridgehead atoms. The molecule has 8 nitrogen and oxygen atoms in total. The first-order valence-corrected chi connectivity index (χ1v) is 7.61. The van der Waals surface area contributed by atoms with E-state index in [0.717, 1.165) is 5.56 Å². The van der Waals surface area contributed by atoms with Crippen molar-refractivity contribution in [3.05, 3.63) is 59.7 Å².